The van der Waals surface area contributed by atoms with Crippen molar-refractivity contribution in [3.63, 3.8) is 0 Å². The number of nitrogens with two attached hydrogens (primary N) is 1. The van der Waals surface area contributed by atoms with Gasteiger partial charge in [0, 0.05) is 24.0 Å². The number of aromatic nitrogens is 2. The molecule has 3 N–H and O–H groups in total. The minimum atomic E-state index is -0.00191. The number of H-pyrrole nitrogens is 1. The van der Waals surface area contributed by atoms with E-state index in [9.17, 15) is 4.79 Å². The monoisotopic (exact) mass is 318 g/mol. The van der Waals surface area contributed by atoms with E-state index in [1.165, 1.54) is 11.3 Å². The molecule has 0 bridgehead atoms. The average molecular weight is 318 g/mol. The molecule has 5 nitrogen and oxygen atoms in total. The van der Waals surface area contributed by atoms with Crippen LogP contribution < -0.4 is 11.3 Å². The number of aromatic amines is 1. The Morgan fingerprint density at radius 2 is 2.18 bits per heavy atom. The average Bonchev–Trinajstić information content (AvgIpc) is 3.08. The summed E-state index contributed by atoms with van der Waals surface area (Å²) in [4.78, 5) is 24.4. The number of thiophene rings is 1. The quantitative estimate of drug-likeness (QED) is 0.885. The summed E-state index contributed by atoms with van der Waals surface area (Å²) in [5, 5.41) is 0.756. The Hall–Kier alpha value is -1.24. The van der Waals surface area contributed by atoms with Gasteiger partial charge in [-0.15, -0.1) is 11.3 Å². The van der Waals surface area contributed by atoms with Crippen molar-refractivity contribution >= 4 is 21.6 Å². The maximum atomic E-state index is 12.3. The van der Waals surface area contributed by atoms with Crippen LogP contribution in [-0.4, -0.2) is 34.0 Å². The van der Waals surface area contributed by atoms with Gasteiger partial charge >= 0.3 is 0 Å². The molecule has 0 amide bonds. The fourth-order valence-corrected chi connectivity index (χ4v) is 5.16. The van der Waals surface area contributed by atoms with Crippen molar-refractivity contribution in [1.29, 1.82) is 0 Å². The molecule has 6 heteroatoms. The number of hydrogen-bond donors (Lipinski definition) is 2. The molecule has 2 aromatic heterocycles. The smallest absolute Gasteiger partial charge is 0.259 e. The zero-order chi connectivity index (χ0) is 15.4. The molecule has 1 aliphatic carbocycles. The van der Waals surface area contributed by atoms with E-state index < -0.39 is 0 Å². The molecule has 1 aliphatic heterocycles. The molecule has 0 spiro atoms. The number of aryl methyl sites for hydroxylation is 2. The maximum Gasteiger partial charge on any atom is 0.259 e. The topological polar surface area (TPSA) is 75.0 Å². The fraction of sp³-hybridized carbons (Fsp3) is 0.625. The molecular weight excluding hydrogens is 296 g/mol. The lowest BCUT2D eigenvalue weighted by atomic mass is 9.98. The van der Waals surface area contributed by atoms with Gasteiger partial charge in [-0.3, -0.25) is 9.69 Å². The zero-order valence-electron chi connectivity index (χ0n) is 13.1. The first kappa shape index (κ1) is 14.4. The van der Waals surface area contributed by atoms with Crippen LogP contribution in [0.5, 0.6) is 0 Å². The van der Waals surface area contributed by atoms with Crippen LogP contribution in [0.1, 0.15) is 29.1 Å². The van der Waals surface area contributed by atoms with Crippen LogP contribution in [0.4, 0.5) is 0 Å². The van der Waals surface area contributed by atoms with E-state index in [2.05, 4.69) is 14.9 Å². The summed E-state index contributed by atoms with van der Waals surface area (Å²) in [6.07, 6.45) is 2.41. The lowest BCUT2D eigenvalue weighted by Gasteiger charge is -2.17. The van der Waals surface area contributed by atoms with E-state index >= 15 is 0 Å². The first-order valence-corrected chi connectivity index (χ1v) is 8.81. The summed E-state index contributed by atoms with van der Waals surface area (Å²) >= 11 is 1.61. The molecule has 2 aromatic rings. The van der Waals surface area contributed by atoms with E-state index in [0.717, 1.165) is 53.6 Å². The van der Waals surface area contributed by atoms with E-state index in [0.29, 0.717) is 12.0 Å². The maximum absolute atomic E-state index is 12.3. The van der Waals surface area contributed by atoms with Gasteiger partial charge < -0.3 is 10.7 Å². The number of likely N-dealkylation sites (tertiary alicyclic amines) is 1. The van der Waals surface area contributed by atoms with E-state index in [1.807, 2.05) is 13.8 Å². The van der Waals surface area contributed by atoms with Crippen molar-refractivity contribution in [2.45, 2.75) is 39.3 Å². The molecule has 22 heavy (non-hydrogen) atoms. The molecular formula is C16H22N4OS. The number of nitrogens with zero attached hydrogens (tertiary/aromatic N) is 2. The van der Waals surface area contributed by atoms with Gasteiger partial charge in [-0.05, 0) is 44.1 Å². The third-order valence-electron chi connectivity index (χ3n) is 5.45. The first-order chi connectivity index (χ1) is 10.5. The standard InChI is InChI=1S/C16H22N4OS/c1-8-9(2)22-16-14(8)15(21)18-13(19-16)7-20-5-10-3-4-12(17)11(10)6-20/h10-12H,3-7,17H2,1-2H3,(H,18,19,21). The summed E-state index contributed by atoms with van der Waals surface area (Å²) in [5.41, 5.74) is 7.25. The lowest BCUT2D eigenvalue weighted by molar-refractivity contribution is 0.291. The lowest BCUT2D eigenvalue weighted by Crippen LogP contribution is -2.30. The fourth-order valence-electron chi connectivity index (χ4n) is 4.11. The van der Waals surface area contributed by atoms with Crippen LogP contribution in [0.3, 0.4) is 0 Å². The minimum Gasteiger partial charge on any atom is -0.327 e. The van der Waals surface area contributed by atoms with Crippen LogP contribution in [-0.2, 0) is 6.54 Å². The Morgan fingerprint density at radius 3 is 2.95 bits per heavy atom. The number of hydrogen-bond acceptors (Lipinski definition) is 5. The summed E-state index contributed by atoms with van der Waals surface area (Å²) in [6, 6.07) is 0.354. The molecule has 1 saturated heterocycles. The highest BCUT2D eigenvalue weighted by Gasteiger charge is 2.40. The van der Waals surface area contributed by atoms with Crippen molar-refractivity contribution < 1.29 is 0 Å². The molecule has 2 fully saturated rings. The Morgan fingerprint density at radius 1 is 1.36 bits per heavy atom. The van der Waals surface area contributed by atoms with Crippen LogP contribution in [0.15, 0.2) is 4.79 Å². The molecule has 3 heterocycles. The molecule has 3 atom stereocenters. The minimum absolute atomic E-state index is 0.00191. The van der Waals surface area contributed by atoms with Crippen LogP contribution in [0.2, 0.25) is 0 Å². The predicted molar refractivity (Wildman–Crippen MR) is 89.2 cm³/mol. The van der Waals surface area contributed by atoms with Crippen LogP contribution >= 0.6 is 11.3 Å². The normalized spacial score (nSPS) is 28.6. The van der Waals surface area contributed by atoms with Gasteiger partial charge in [-0.1, -0.05) is 0 Å². The SMILES string of the molecule is Cc1sc2nc(CN3CC4CCC(N)C4C3)[nH]c(=O)c2c1C. The Labute approximate surface area is 133 Å². The Bertz CT molecular complexity index is 780. The van der Waals surface area contributed by atoms with Crippen molar-refractivity contribution in [2.75, 3.05) is 13.1 Å². The van der Waals surface area contributed by atoms with Crippen molar-refractivity contribution in [3.05, 3.63) is 26.6 Å². The summed E-state index contributed by atoms with van der Waals surface area (Å²) in [7, 11) is 0. The van der Waals surface area contributed by atoms with Crippen molar-refractivity contribution in [1.82, 2.24) is 14.9 Å². The van der Waals surface area contributed by atoms with Crippen molar-refractivity contribution in [2.24, 2.45) is 17.6 Å². The van der Waals surface area contributed by atoms with Crippen LogP contribution in [0.25, 0.3) is 10.2 Å². The molecule has 1 saturated carbocycles. The summed E-state index contributed by atoms with van der Waals surface area (Å²) in [6.45, 7) is 6.89. The third-order valence-corrected chi connectivity index (χ3v) is 6.55. The van der Waals surface area contributed by atoms with Crippen LogP contribution in [0, 0.1) is 25.7 Å². The molecule has 4 rings (SSSR count). The zero-order valence-corrected chi connectivity index (χ0v) is 13.9. The first-order valence-electron chi connectivity index (χ1n) is 7.99. The van der Waals surface area contributed by atoms with Gasteiger partial charge in [0.05, 0.1) is 11.9 Å². The van der Waals surface area contributed by atoms with Gasteiger partial charge in [0.2, 0.25) is 0 Å². The van der Waals surface area contributed by atoms with Crippen molar-refractivity contribution in [3.8, 4) is 0 Å². The largest absolute Gasteiger partial charge is 0.327 e. The molecule has 2 aliphatic rings. The second kappa shape index (κ2) is 5.15. The highest BCUT2D eigenvalue weighted by atomic mass is 32.1. The number of nitrogens with one attached hydrogen (secondary N) is 1. The second-order valence-corrected chi connectivity index (χ2v) is 8.04. The highest BCUT2D eigenvalue weighted by Crippen LogP contribution is 2.37. The van der Waals surface area contributed by atoms with Gasteiger partial charge in [0.15, 0.2) is 0 Å². The molecule has 3 unspecified atom stereocenters. The summed E-state index contributed by atoms with van der Waals surface area (Å²) < 4.78 is 0. The third kappa shape index (κ3) is 2.21. The predicted octanol–water partition coefficient (Wildman–Crippen LogP) is 1.77. The second-order valence-electron chi connectivity index (χ2n) is 6.84. The Kier molecular flexibility index (Phi) is 3.36. The Balaban J connectivity index is 1.59. The van der Waals surface area contributed by atoms with E-state index in [4.69, 9.17) is 5.73 Å². The summed E-state index contributed by atoms with van der Waals surface area (Å²) in [5.74, 6) is 2.14. The van der Waals surface area contributed by atoms with Gasteiger partial charge in [-0.25, -0.2) is 4.98 Å². The van der Waals surface area contributed by atoms with Gasteiger partial charge in [0.1, 0.15) is 10.7 Å². The van der Waals surface area contributed by atoms with E-state index in [1.54, 1.807) is 11.3 Å². The molecule has 0 radical (unpaired) electrons. The molecule has 118 valence electrons. The number of rotatable bonds is 2. The highest BCUT2D eigenvalue weighted by molar-refractivity contribution is 7.18. The molecule has 0 aromatic carbocycles. The number of fused-ring (bicyclic) bond motifs is 2. The van der Waals surface area contributed by atoms with E-state index in [-0.39, 0.29) is 5.56 Å². The van der Waals surface area contributed by atoms with Gasteiger partial charge in [-0.2, -0.15) is 0 Å². The van der Waals surface area contributed by atoms with Gasteiger partial charge in [0.25, 0.3) is 5.56 Å².